The monoisotopic (exact) mass is 369 g/mol. The van der Waals surface area contributed by atoms with E-state index in [1.807, 2.05) is 0 Å². The van der Waals surface area contributed by atoms with Crippen molar-refractivity contribution in [2.24, 2.45) is 0 Å². The van der Waals surface area contributed by atoms with Gasteiger partial charge in [-0.2, -0.15) is 5.10 Å². The third-order valence-corrected chi connectivity index (χ3v) is 3.91. The van der Waals surface area contributed by atoms with Crippen molar-refractivity contribution in [2.45, 2.75) is 38.3 Å². The van der Waals surface area contributed by atoms with E-state index in [-0.39, 0.29) is 11.7 Å². The molecule has 1 aromatic heterocycles. The van der Waals surface area contributed by atoms with Crippen molar-refractivity contribution in [1.82, 2.24) is 9.78 Å². The topological polar surface area (TPSA) is 65.4 Å². The number of nitrogens with one attached hydrogen (secondary N) is 1. The van der Waals surface area contributed by atoms with Crippen molar-refractivity contribution in [3.63, 3.8) is 0 Å². The molecule has 1 amide bonds. The second kappa shape index (κ2) is 7.77. The lowest BCUT2D eigenvalue weighted by Crippen LogP contribution is -2.24. The zero-order chi connectivity index (χ0) is 18.6. The summed E-state index contributed by atoms with van der Waals surface area (Å²) in [6, 6.07) is 5.17. The van der Waals surface area contributed by atoms with Crippen LogP contribution in [0.4, 0.5) is 18.9 Å². The number of rotatable bonds is 5. The summed E-state index contributed by atoms with van der Waals surface area (Å²) in [6.45, 7) is 1.29. The van der Waals surface area contributed by atoms with Gasteiger partial charge in [0.1, 0.15) is 5.75 Å². The number of anilines is 1. The molecule has 2 heterocycles. The van der Waals surface area contributed by atoms with Gasteiger partial charge in [0, 0.05) is 12.8 Å². The molecular weight excluding hydrogens is 351 g/mol. The third kappa shape index (κ3) is 4.98. The summed E-state index contributed by atoms with van der Waals surface area (Å²) in [5, 5.41) is 6.68. The van der Waals surface area contributed by atoms with Crippen LogP contribution in [0.25, 0.3) is 0 Å². The summed E-state index contributed by atoms with van der Waals surface area (Å²) in [7, 11) is 0. The van der Waals surface area contributed by atoms with E-state index >= 15 is 0 Å². The highest BCUT2D eigenvalue weighted by atomic mass is 19.4. The Hall–Kier alpha value is -2.55. The summed E-state index contributed by atoms with van der Waals surface area (Å²) in [4.78, 5) is 12.3. The molecule has 1 N–H and O–H groups in total. The molecule has 1 aliphatic rings. The Morgan fingerprint density at radius 2 is 2.15 bits per heavy atom. The van der Waals surface area contributed by atoms with E-state index in [2.05, 4.69) is 15.2 Å². The van der Waals surface area contributed by atoms with E-state index in [0.29, 0.717) is 12.2 Å². The molecule has 9 heteroatoms. The Morgan fingerprint density at radius 1 is 1.35 bits per heavy atom. The number of benzene rings is 1. The first kappa shape index (κ1) is 18.2. The minimum Gasteiger partial charge on any atom is -0.405 e. The van der Waals surface area contributed by atoms with Crippen molar-refractivity contribution < 1.29 is 27.4 Å². The fourth-order valence-corrected chi connectivity index (χ4v) is 2.75. The van der Waals surface area contributed by atoms with E-state index in [1.54, 1.807) is 10.9 Å². The zero-order valence-corrected chi connectivity index (χ0v) is 13.8. The van der Waals surface area contributed by atoms with Gasteiger partial charge in [-0.1, -0.05) is 12.1 Å². The van der Waals surface area contributed by atoms with Crippen LogP contribution in [0.15, 0.2) is 36.7 Å². The Bertz CT molecular complexity index is 755. The van der Waals surface area contributed by atoms with Gasteiger partial charge < -0.3 is 14.8 Å². The second-order valence-corrected chi connectivity index (χ2v) is 5.94. The molecule has 6 nitrogen and oxygen atoms in total. The largest absolute Gasteiger partial charge is 0.573 e. The summed E-state index contributed by atoms with van der Waals surface area (Å²) in [6.07, 6.45) is 1.36. The Labute approximate surface area is 147 Å². The number of carbonyl (C=O) groups excluding carboxylic acids is 1. The minimum absolute atomic E-state index is 0.0770. The highest BCUT2D eigenvalue weighted by Crippen LogP contribution is 2.27. The smallest absolute Gasteiger partial charge is 0.405 e. The van der Waals surface area contributed by atoms with Gasteiger partial charge in [0.05, 0.1) is 30.1 Å². The maximum atomic E-state index is 12.5. The Balaban J connectivity index is 1.65. The summed E-state index contributed by atoms with van der Waals surface area (Å²) in [5.74, 6) is -1.26. The van der Waals surface area contributed by atoms with Crippen molar-refractivity contribution in [2.75, 3.05) is 11.9 Å². The average Bonchev–Trinajstić information content (AvgIpc) is 3.01. The van der Waals surface area contributed by atoms with E-state index < -0.39 is 18.0 Å². The van der Waals surface area contributed by atoms with Crippen LogP contribution < -0.4 is 10.1 Å². The SMILES string of the molecule is O=C(Nc1cnn(CC2CCCCO2)c1)c1ccccc1OC(F)(F)F. The molecule has 0 bridgehead atoms. The van der Waals surface area contributed by atoms with Gasteiger partial charge in [0.15, 0.2) is 0 Å². The predicted molar refractivity (Wildman–Crippen MR) is 86.9 cm³/mol. The van der Waals surface area contributed by atoms with Gasteiger partial charge in [0.2, 0.25) is 0 Å². The molecule has 2 aromatic rings. The second-order valence-electron chi connectivity index (χ2n) is 5.94. The number of hydrogen-bond donors (Lipinski definition) is 1. The van der Waals surface area contributed by atoms with Gasteiger partial charge in [0.25, 0.3) is 5.91 Å². The number of halogens is 3. The van der Waals surface area contributed by atoms with Crippen LogP contribution in [0.5, 0.6) is 5.75 Å². The predicted octanol–water partition coefficient (Wildman–Crippen LogP) is 3.60. The van der Waals surface area contributed by atoms with Gasteiger partial charge >= 0.3 is 6.36 Å². The van der Waals surface area contributed by atoms with E-state index in [4.69, 9.17) is 4.74 Å². The number of amides is 1. The number of carbonyl (C=O) groups is 1. The maximum Gasteiger partial charge on any atom is 0.573 e. The van der Waals surface area contributed by atoms with Gasteiger partial charge in [-0.15, -0.1) is 13.2 Å². The highest BCUT2D eigenvalue weighted by Gasteiger charge is 2.32. The van der Waals surface area contributed by atoms with E-state index in [9.17, 15) is 18.0 Å². The summed E-state index contributed by atoms with van der Waals surface area (Å²) >= 11 is 0. The van der Waals surface area contributed by atoms with Crippen molar-refractivity contribution in [3.05, 3.63) is 42.2 Å². The molecule has 1 unspecified atom stereocenters. The fourth-order valence-electron chi connectivity index (χ4n) is 2.75. The fraction of sp³-hybridized carbons (Fsp3) is 0.412. The molecule has 1 atom stereocenters. The first-order valence-corrected chi connectivity index (χ1v) is 8.21. The normalized spacial score (nSPS) is 17.7. The molecule has 26 heavy (non-hydrogen) atoms. The number of aromatic nitrogens is 2. The maximum absolute atomic E-state index is 12.5. The number of alkyl halides is 3. The molecule has 0 spiro atoms. The molecule has 1 aliphatic heterocycles. The third-order valence-electron chi connectivity index (χ3n) is 3.91. The van der Waals surface area contributed by atoms with Crippen LogP contribution in [0.2, 0.25) is 0 Å². The van der Waals surface area contributed by atoms with Crippen molar-refractivity contribution >= 4 is 11.6 Å². The lowest BCUT2D eigenvalue weighted by molar-refractivity contribution is -0.274. The van der Waals surface area contributed by atoms with Gasteiger partial charge in [-0.05, 0) is 31.4 Å². The van der Waals surface area contributed by atoms with Crippen LogP contribution in [-0.4, -0.2) is 34.8 Å². The molecule has 0 saturated carbocycles. The molecule has 3 rings (SSSR count). The number of para-hydroxylation sites is 1. The van der Waals surface area contributed by atoms with Crippen LogP contribution in [-0.2, 0) is 11.3 Å². The minimum atomic E-state index is -4.87. The molecule has 1 fully saturated rings. The Kier molecular flexibility index (Phi) is 5.46. The van der Waals surface area contributed by atoms with Gasteiger partial charge in [-0.25, -0.2) is 0 Å². The lowest BCUT2D eigenvalue weighted by Gasteiger charge is -2.22. The molecular formula is C17H18F3N3O3. The first-order valence-electron chi connectivity index (χ1n) is 8.21. The molecule has 0 radical (unpaired) electrons. The quantitative estimate of drug-likeness (QED) is 0.875. The molecule has 1 saturated heterocycles. The summed E-state index contributed by atoms with van der Waals surface area (Å²) in [5.41, 5.74) is 0.167. The van der Waals surface area contributed by atoms with E-state index in [1.165, 1.54) is 24.4 Å². The number of hydrogen-bond acceptors (Lipinski definition) is 4. The summed E-state index contributed by atoms with van der Waals surface area (Å²) < 4.78 is 48.5. The average molecular weight is 369 g/mol. The number of ether oxygens (including phenoxy) is 2. The van der Waals surface area contributed by atoms with Crippen LogP contribution >= 0.6 is 0 Å². The molecule has 0 aliphatic carbocycles. The highest BCUT2D eigenvalue weighted by molar-refractivity contribution is 6.06. The molecule has 1 aromatic carbocycles. The lowest BCUT2D eigenvalue weighted by atomic mass is 10.1. The van der Waals surface area contributed by atoms with Gasteiger partial charge in [-0.3, -0.25) is 9.48 Å². The Morgan fingerprint density at radius 3 is 2.88 bits per heavy atom. The number of nitrogens with zero attached hydrogens (tertiary/aromatic N) is 2. The van der Waals surface area contributed by atoms with Crippen LogP contribution in [0, 0.1) is 0 Å². The van der Waals surface area contributed by atoms with Crippen LogP contribution in [0.3, 0.4) is 0 Å². The zero-order valence-electron chi connectivity index (χ0n) is 13.8. The van der Waals surface area contributed by atoms with Crippen LogP contribution in [0.1, 0.15) is 29.6 Å². The first-order chi connectivity index (χ1) is 12.4. The van der Waals surface area contributed by atoms with Crippen molar-refractivity contribution in [1.29, 1.82) is 0 Å². The van der Waals surface area contributed by atoms with Crippen molar-refractivity contribution in [3.8, 4) is 5.75 Å². The standard InChI is InChI=1S/C17H18F3N3O3/c18-17(19,20)26-15-7-2-1-6-14(15)16(24)22-12-9-21-23(10-12)11-13-5-3-4-8-25-13/h1-2,6-7,9-10,13H,3-5,8,11H2,(H,22,24). The van der Waals surface area contributed by atoms with E-state index in [0.717, 1.165) is 31.9 Å². The molecule has 140 valence electrons.